The highest BCUT2D eigenvalue weighted by Gasteiger charge is 2.38. The van der Waals surface area contributed by atoms with Crippen molar-refractivity contribution in [1.82, 2.24) is 10.2 Å². The topological polar surface area (TPSA) is 61.8 Å². The van der Waals surface area contributed by atoms with Crippen molar-refractivity contribution >= 4 is 6.09 Å². The summed E-state index contributed by atoms with van der Waals surface area (Å²) in [6.45, 7) is 5.31. The lowest BCUT2D eigenvalue weighted by molar-refractivity contribution is -0.0790. The van der Waals surface area contributed by atoms with E-state index in [1.54, 1.807) is 4.90 Å². The van der Waals surface area contributed by atoms with E-state index in [2.05, 4.69) is 5.32 Å². The van der Waals surface area contributed by atoms with E-state index >= 15 is 0 Å². The molecule has 0 aromatic rings. The Morgan fingerprint density at radius 3 is 2.50 bits per heavy atom. The van der Waals surface area contributed by atoms with Crippen LogP contribution in [0.25, 0.3) is 0 Å². The third kappa shape index (κ3) is 4.56. The van der Waals surface area contributed by atoms with Crippen molar-refractivity contribution in [2.24, 2.45) is 5.41 Å². The summed E-state index contributed by atoms with van der Waals surface area (Å²) >= 11 is 0. The van der Waals surface area contributed by atoms with Crippen LogP contribution in [-0.2, 0) is 4.74 Å². The standard InChI is InChI=1S/C13H24F2N2O3/c1-13(2,3)11(16-12(18)19)10-8-17(4-5-20-10)9(6-14)7-15/h9-11,16H,4-8H2,1-3H3,(H,18,19). The average Bonchev–Trinajstić information content (AvgIpc) is 2.36. The van der Waals surface area contributed by atoms with E-state index in [4.69, 9.17) is 9.84 Å². The average molecular weight is 294 g/mol. The van der Waals surface area contributed by atoms with Gasteiger partial charge in [-0.15, -0.1) is 0 Å². The molecule has 0 radical (unpaired) electrons. The Labute approximate surface area is 118 Å². The molecule has 0 aromatic carbocycles. The summed E-state index contributed by atoms with van der Waals surface area (Å²) in [4.78, 5) is 12.6. The van der Waals surface area contributed by atoms with Crippen LogP contribution in [0.3, 0.4) is 0 Å². The molecule has 2 N–H and O–H groups in total. The number of nitrogens with one attached hydrogen (secondary N) is 1. The summed E-state index contributed by atoms with van der Waals surface area (Å²) in [7, 11) is 0. The first kappa shape index (κ1) is 17.1. The Morgan fingerprint density at radius 1 is 1.45 bits per heavy atom. The van der Waals surface area contributed by atoms with Crippen molar-refractivity contribution in [1.29, 1.82) is 0 Å². The largest absolute Gasteiger partial charge is 0.465 e. The number of amides is 1. The van der Waals surface area contributed by atoms with Gasteiger partial charge in [-0.3, -0.25) is 4.90 Å². The monoisotopic (exact) mass is 294 g/mol. The first-order valence-corrected chi connectivity index (χ1v) is 6.76. The number of alkyl halides is 2. The highest BCUT2D eigenvalue weighted by Crippen LogP contribution is 2.26. The zero-order valence-electron chi connectivity index (χ0n) is 12.2. The van der Waals surface area contributed by atoms with Gasteiger partial charge < -0.3 is 15.2 Å². The molecular formula is C13H24F2N2O3. The van der Waals surface area contributed by atoms with Gasteiger partial charge in [0.2, 0.25) is 0 Å². The quantitative estimate of drug-likeness (QED) is 0.810. The Bertz CT molecular complexity index is 319. The number of rotatable bonds is 5. The van der Waals surface area contributed by atoms with E-state index in [9.17, 15) is 13.6 Å². The van der Waals surface area contributed by atoms with E-state index < -0.39 is 37.6 Å². The predicted molar refractivity (Wildman–Crippen MR) is 71.5 cm³/mol. The molecule has 0 saturated carbocycles. The summed E-state index contributed by atoms with van der Waals surface area (Å²) in [5, 5.41) is 11.4. The van der Waals surface area contributed by atoms with Crippen LogP contribution in [0.15, 0.2) is 0 Å². The number of carbonyl (C=O) groups is 1. The third-order valence-electron chi connectivity index (χ3n) is 3.58. The second-order valence-electron chi connectivity index (χ2n) is 6.16. The SMILES string of the molecule is CC(C)(C)C(NC(=O)O)C1CN(C(CF)CF)CCO1. The number of nitrogens with zero attached hydrogens (tertiary/aromatic N) is 1. The molecule has 1 aliphatic rings. The maximum Gasteiger partial charge on any atom is 0.404 e. The summed E-state index contributed by atoms with van der Waals surface area (Å²) in [5.74, 6) is 0. The molecular weight excluding hydrogens is 270 g/mol. The van der Waals surface area contributed by atoms with Crippen LogP contribution < -0.4 is 5.32 Å². The molecule has 7 heteroatoms. The van der Waals surface area contributed by atoms with Crippen LogP contribution >= 0.6 is 0 Å². The smallest absolute Gasteiger partial charge is 0.404 e. The maximum atomic E-state index is 12.8. The summed E-state index contributed by atoms with van der Waals surface area (Å²) in [5.41, 5.74) is -0.354. The van der Waals surface area contributed by atoms with Gasteiger partial charge in [-0.1, -0.05) is 20.8 Å². The third-order valence-corrected chi connectivity index (χ3v) is 3.58. The first-order valence-electron chi connectivity index (χ1n) is 6.76. The molecule has 0 aliphatic carbocycles. The lowest BCUT2D eigenvalue weighted by Gasteiger charge is -2.43. The van der Waals surface area contributed by atoms with Crippen LogP contribution in [0, 0.1) is 5.41 Å². The number of hydrogen-bond donors (Lipinski definition) is 2. The molecule has 1 amide bonds. The van der Waals surface area contributed by atoms with Gasteiger partial charge in [0.15, 0.2) is 0 Å². The van der Waals surface area contributed by atoms with Crippen LogP contribution in [0.5, 0.6) is 0 Å². The van der Waals surface area contributed by atoms with Gasteiger partial charge in [0.1, 0.15) is 13.3 Å². The van der Waals surface area contributed by atoms with Crippen molar-refractivity contribution < 1.29 is 23.4 Å². The molecule has 2 atom stereocenters. The number of hydrogen-bond acceptors (Lipinski definition) is 3. The lowest BCUT2D eigenvalue weighted by Crippen LogP contribution is -2.59. The molecule has 0 aromatic heterocycles. The zero-order valence-corrected chi connectivity index (χ0v) is 12.2. The lowest BCUT2D eigenvalue weighted by atomic mass is 9.82. The second-order valence-corrected chi connectivity index (χ2v) is 6.16. The van der Waals surface area contributed by atoms with Gasteiger partial charge in [0, 0.05) is 13.1 Å². The Hall–Kier alpha value is -0.950. The first-order chi connectivity index (χ1) is 9.29. The highest BCUT2D eigenvalue weighted by molar-refractivity contribution is 5.65. The van der Waals surface area contributed by atoms with Crippen molar-refractivity contribution in [2.45, 2.75) is 39.0 Å². The fourth-order valence-corrected chi connectivity index (χ4v) is 2.47. The van der Waals surface area contributed by atoms with Gasteiger partial charge in [-0.25, -0.2) is 13.6 Å². The normalized spacial score (nSPS) is 22.8. The Balaban J connectivity index is 2.78. The number of morpholine rings is 1. The number of ether oxygens (including phenoxy) is 1. The molecule has 1 fully saturated rings. The van der Waals surface area contributed by atoms with Crippen LogP contribution in [0.1, 0.15) is 20.8 Å². The van der Waals surface area contributed by atoms with Crippen molar-refractivity contribution in [3.8, 4) is 0 Å². The van der Waals surface area contributed by atoms with E-state index in [0.717, 1.165) is 0 Å². The van der Waals surface area contributed by atoms with Crippen molar-refractivity contribution in [3.05, 3.63) is 0 Å². The minimum absolute atomic E-state index is 0.320. The van der Waals surface area contributed by atoms with Crippen LogP contribution in [-0.4, -0.2) is 67.3 Å². The number of carboxylic acid groups (broad SMARTS) is 1. The zero-order chi connectivity index (χ0) is 15.3. The minimum atomic E-state index is -1.13. The number of halogens is 2. The maximum absolute atomic E-state index is 12.8. The van der Waals surface area contributed by atoms with Crippen molar-refractivity contribution in [2.75, 3.05) is 33.0 Å². The summed E-state index contributed by atoms with van der Waals surface area (Å²) in [6, 6.07) is -1.21. The summed E-state index contributed by atoms with van der Waals surface area (Å²) < 4.78 is 31.2. The highest BCUT2D eigenvalue weighted by atomic mass is 19.1. The fraction of sp³-hybridized carbons (Fsp3) is 0.923. The minimum Gasteiger partial charge on any atom is -0.465 e. The molecule has 1 rings (SSSR count). The van der Waals surface area contributed by atoms with Crippen LogP contribution in [0.4, 0.5) is 13.6 Å². The van der Waals surface area contributed by atoms with E-state index in [1.807, 2.05) is 20.8 Å². The molecule has 5 nitrogen and oxygen atoms in total. The molecule has 2 unspecified atom stereocenters. The molecule has 118 valence electrons. The van der Waals surface area contributed by atoms with Gasteiger partial charge >= 0.3 is 6.09 Å². The Kier molecular flexibility index (Phi) is 6.13. The Morgan fingerprint density at radius 2 is 2.05 bits per heavy atom. The fourth-order valence-electron chi connectivity index (χ4n) is 2.47. The van der Waals surface area contributed by atoms with Gasteiger partial charge in [0.25, 0.3) is 0 Å². The molecule has 1 saturated heterocycles. The van der Waals surface area contributed by atoms with E-state index in [1.165, 1.54) is 0 Å². The molecule has 20 heavy (non-hydrogen) atoms. The predicted octanol–water partition coefficient (Wildman–Crippen LogP) is 1.68. The van der Waals surface area contributed by atoms with Crippen molar-refractivity contribution in [3.63, 3.8) is 0 Å². The van der Waals surface area contributed by atoms with Gasteiger partial charge in [-0.05, 0) is 5.41 Å². The molecule has 0 spiro atoms. The molecule has 1 heterocycles. The van der Waals surface area contributed by atoms with Gasteiger partial charge in [0.05, 0.1) is 24.8 Å². The summed E-state index contributed by atoms with van der Waals surface area (Å²) in [6.07, 6.45) is -1.54. The van der Waals surface area contributed by atoms with E-state index in [0.29, 0.717) is 19.7 Å². The van der Waals surface area contributed by atoms with E-state index in [-0.39, 0.29) is 5.41 Å². The second kappa shape index (κ2) is 7.17. The van der Waals surface area contributed by atoms with Crippen LogP contribution in [0.2, 0.25) is 0 Å². The molecule has 1 aliphatic heterocycles. The molecule has 0 bridgehead atoms. The van der Waals surface area contributed by atoms with Gasteiger partial charge in [-0.2, -0.15) is 0 Å².